The molecule has 324 valence electrons. The van der Waals surface area contributed by atoms with Crippen LogP contribution in [-0.4, -0.2) is 0 Å². The minimum atomic E-state index is -0.584. The summed E-state index contributed by atoms with van der Waals surface area (Å²) in [5.41, 5.74) is 20.0. The van der Waals surface area contributed by atoms with Crippen LogP contribution in [0.1, 0.15) is 22.3 Å². The molecule has 2 heteroatoms. The molecule has 0 radical (unpaired) electrons. The SMILES string of the molecule is c1ccc(-c2ccc(-c3ccc(N(c4ccc(-c5ccccc5)cc4)c4ccc5c(c4)-c4c(cc6sc7ccccc7c6c4-c4ccccc4)C5(c4ccccc4)c4ccccc4)cc3)cc2)cc1. The van der Waals surface area contributed by atoms with E-state index < -0.39 is 5.41 Å². The quantitative estimate of drug-likeness (QED) is 0.140. The third-order valence-electron chi connectivity index (χ3n) is 14.2. The maximum absolute atomic E-state index is 2.53. The molecule has 0 unspecified atom stereocenters. The first-order valence-electron chi connectivity index (χ1n) is 23.7. The van der Waals surface area contributed by atoms with Gasteiger partial charge in [-0.2, -0.15) is 0 Å². The molecule has 0 N–H and O–H groups in total. The summed E-state index contributed by atoms with van der Waals surface area (Å²) in [5.74, 6) is 0. The van der Waals surface area contributed by atoms with Crippen molar-refractivity contribution in [2.75, 3.05) is 4.90 Å². The van der Waals surface area contributed by atoms with E-state index in [9.17, 15) is 0 Å². The van der Waals surface area contributed by atoms with Crippen LogP contribution < -0.4 is 4.90 Å². The highest BCUT2D eigenvalue weighted by Gasteiger charge is 2.48. The summed E-state index contributed by atoms with van der Waals surface area (Å²) in [6, 6.07) is 101. The summed E-state index contributed by atoms with van der Waals surface area (Å²) in [6.07, 6.45) is 0. The Balaban J connectivity index is 1.05. The smallest absolute Gasteiger partial charge is 0.0714 e. The molecule has 0 atom stereocenters. The molecule has 0 fully saturated rings. The van der Waals surface area contributed by atoms with Gasteiger partial charge in [0.15, 0.2) is 0 Å². The van der Waals surface area contributed by atoms with Crippen LogP contribution >= 0.6 is 11.3 Å². The van der Waals surface area contributed by atoms with Crippen molar-refractivity contribution in [3.8, 4) is 55.6 Å². The third-order valence-corrected chi connectivity index (χ3v) is 15.3. The first kappa shape index (κ1) is 40.7. The lowest BCUT2D eigenvalue weighted by molar-refractivity contribution is 0.770. The molecule has 1 aliphatic carbocycles. The molecular weight excluding hydrogens is 851 g/mol. The number of hydrogen-bond donors (Lipinski definition) is 0. The second-order valence-corrected chi connectivity index (χ2v) is 19.0. The van der Waals surface area contributed by atoms with Gasteiger partial charge in [-0.1, -0.05) is 224 Å². The molecule has 0 aliphatic heterocycles. The predicted octanol–water partition coefficient (Wildman–Crippen LogP) is 18.6. The number of hydrogen-bond acceptors (Lipinski definition) is 2. The van der Waals surface area contributed by atoms with Crippen LogP contribution in [0.25, 0.3) is 75.8 Å². The van der Waals surface area contributed by atoms with Crippen molar-refractivity contribution in [2.24, 2.45) is 0 Å². The van der Waals surface area contributed by atoms with E-state index in [1.807, 2.05) is 11.3 Å². The van der Waals surface area contributed by atoms with E-state index in [0.717, 1.165) is 17.1 Å². The lowest BCUT2D eigenvalue weighted by Crippen LogP contribution is -2.28. The Morgan fingerprint density at radius 1 is 0.290 bits per heavy atom. The van der Waals surface area contributed by atoms with E-state index in [4.69, 9.17) is 0 Å². The second-order valence-electron chi connectivity index (χ2n) is 18.0. The number of rotatable bonds is 9. The lowest BCUT2D eigenvalue weighted by atomic mass is 9.67. The molecule has 12 aromatic rings. The zero-order valence-electron chi connectivity index (χ0n) is 37.8. The summed E-state index contributed by atoms with van der Waals surface area (Å²) in [6.45, 7) is 0. The van der Waals surface area contributed by atoms with Gasteiger partial charge < -0.3 is 4.90 Å². The molecule has 1 nitrogen and oxygen atoms in total. The minimum Gasteiger partial charge on any atom is -0.310 e. The Labute approximate surface area is 407 Å². The maximum atomic E-state index is 2.53. The van der Waals surface area contributed by atoms with E-state index in [1.165, 1.54) is 98.1 Å². The highest BCUT2D eigenvalue weighted by molar-refractivity contribution is 7.26. The number of anilines is 3. The number of benzene rings is 11. The van der Waals surface area contributed by atoms with Crippen LogP contribution in [0.3, 0.4) is 0 Å². The Bertz CT molecular complexity index is 3730. The lowest BCUT2D eigenvalue weighted by Gasteiger charge is -2.34. The van der Waals surface area contributed by atoms with Crippen LogP contribution in [0.2, 0.25) is 0 Å². The standard InChI is InChI=1S/C67H45NS/c1-6-18-46(19-7-1)48-30-32-49(33-31-48)51-36-40-56(41-37-51)68(55-38-34-50(35-39-55)47-20-8-2-9-21-47)57-42-43-60-59(44-57)65-61(67(60,53-24-12-4-13-25-53)54-26-14-5-15-27-54)45-63-66(58-28-16-17-29-62(58)69-63)64(65)52-22-10-3-11-23-52/h1-45H. The molecule has 1 aromatic heterocycles. The second kappa shape index (κ2) is 16.9. The van der Waals surface area contributed by atoms with Gasteiger partial charge in [-0.25, -0.2) is 0 Å². The van der Waals surface area contributed by atoms with Gasteiger partial charge in [0, 0.05) is 37.2 Å². The Hall–Kier alpha value is -8.56. The molecule has 0 saturated carbocycles. The summed E-state index contributed by atoms with van der Waals surface area (Å²) in [5, 5.41) is 2.61. The van der Waals surface area contributed by atoms with Gasteiger partial charge in [0.2, 0.25) is 0 Å². The van der Waals surface area contributed by atoms with E-state index >= 15 is 0 Å². The van der Waals surface area contributed by atoms with Crippen molar-refractivity contribution in [2.45, 2.75) is 5.41 Å². The van der Waals surface area contributed by atoms with Gasteiger partial charge in [-0.3, -0.25) is 0 Å². The van der Waals surface area contributed by atoms with Crippen LogP contribution in [0.4, 0.5) is 17.1 Å². The first-order valence-corrected chi connectivity index (χ1v) is 24.6. The van der Waals surface area contributed by atoms with Crippen LogP contribution in [-0.2, 0) is 5.41 Å². The third kappa shape index (κ3) is 6.83. The normalized spacial score (nSPS) is 12.5. The fraction of sp³-hybridized carbons (Fsp3) is 0.0149. The number of fused-ring (bicyclic) bond motifs is 6. The molecular formula is C67H45NS. The van der Waals surface area contributed by atoms with Gasteiger partial charge >= 0.3 is 0 Å². The molecule has 11 aromatic carbocycles. The fourth-order valence-electron chi connectivity index (χ4n) is 11.0. The van der Waals surface area contributed by atoms with E-state index in [1.54, 1.807) is 0 Å². The van der Waals surface area contributed by atoms with Gasteiger partial charge in [-0.15, -0.1) is 11.3 Å². The summed E-state index contributed by atoms with van der Waals surface area (Å²) in [7, 11) is 0. The van der Waals surface area contributed by atoms with E-state index in [-0.39, 0.29) is 0 Å². The molecule has 0 amide bonds. The molecule has 1 heterocycles. The van der Waals surface area contributed by atoms with Crippen molar-refractivity contribution < 1.29 is 0 Å². The van der Waals surface area contributed by atoms with Crippen LogP contribution in [0.5, 0.6) is 0 Å². The minimum absolute atomic E-state index is 0.584. The average Bonchev–Trinajstić information content (AvgIpc) is 3.95. The summed E-state index contributed by atoms with van der Waals surface area (Å²) >= 11 is 1.90. The Kier molecular flexibility index (Phi) is 10.00. The number of nitrogens with zero attached hydrogens (tertiary/aromatic N) is 1. The molecule has 1 aliphatic rings. The molecule has 0 spiro atoms. The Morgan fingerprint density at radius 2 is 0.696 bits per heavy atom. The fourth-order valence-corrected chi connectivity index (χ4v) is 12.2. The van der Waals surface area contributed by atoms with Crippen LogP contribution in [0.15, 0.2) is 273 Å². The monoisotopic (exact) mass is 895 g/mol. The van der Waals surface area contributed by atoms with Crippen molar-refractivity contribution in [1.29, 1.82) is 0 Å². The zero-order chi connectivity index (χ0) is 45.7. The summed E-state index contributed by atoms with van der Waals surface area (Å²) in [4.78, 5) is 2.43. The van der Waals surface area contributed by atoms with Gasteiger partial charge in [-0.05, 0) is 126 Å². The highest BCUT2D eigenvalue weighted by Crippen LogP contribution is 2.62. The highest BCUT2D eigenvalue weighted by atomic mass is 32.1. The predicted molar refractivity (Wildman–Crippen MR) is 293 cm³/mol. The van der Waals surface area contributed by atoms with Crippen molar-refractivity contribution >= 4 is 48.6 Å². The molecule has 13 rings (SSSR count). The van der Waals surface area contributed by atoms with Gasteiger partial charge in [0.05, 0.1) is 5.41 Å². The van der Waals surface area contributed by atoms with Gasteiger partial charge in [0.1, 0.15) is 0 Å². The maximum Gasteiger partial charge on any atom is 0.0714 e. The van der Waals surface area contributed by atoms with Crippen molar-refractivity contribution in [3.05, 3.63) is 295 Å². The topological polar surface area (TPSA) is 3.24 Å². The number of thiophene rings is 1. The first-order chi connectivity index (χ1) is 34.2. The van der Waals surface area contributed by atoms with E-state index in [2.05, 4.69) is 278 Å². The molecule has 69 heavy (non-hydrogen) atoms. The molecule has 0 bridgehead atoms. The average molecular weight is 896 g/mol. The van der Waals surface area contributed by atoms with Crippen molar-refractivity contribution in [3.63, 3.8) is 0 Å². The van der Waals surface area contributed by atoms with E-state index in [0.29, 0.717) is 0 Å². The molecule has 0 saturated heterocycles. The zero-order valence-corrected chi connectivity index (χ0v) is 38.7. The van der Waals surface area contributed by atoms with Crippen LogP contribution in [0, 0.1) is 0 Å². The summed E-state index contributed by atoms with van der Waals surface area (Å²) < 4.78 is 2.60. The Morgan fingerprint density at radius 3 is 1.20 bits per heavy atom. The largest absolute Gasteiger partial charge is 0.310 e. The van der Waals surface area contributed by atoms with Crippen molar-refractivity contribution in [1.82, 2.24) is 0 Å². The van der Waals surface area contributed by atoms with Gasteiger partial charge in [0.25, 0.3) is 0 Å².